The Morgan fingerprint density at radius 3 is 2.88 bits per heavy atom. The molecule has 7 heteroatoms. The zero-order valence-corrected chi connectivity index (χ0v) is 14.6. The van der Waals surface area contributed by atoms with Gasteiger partial charge in [0.1, 0.15) is 11.3 Å². The first-order valence-electron chi connectivity index (χ1n) is 7.94. The number of rotatable bonds is 6. The summed E-state index contributed by atoms with van der Waals surface area (Å²) in [6.45, 7) is 4.39. The van der Waals surface area contributed by atoms with Gasteiger partial charge in [-0.15, -0.1) is 0 Å². The minimum atomic E-state index is -0.207. The molecule has 0 saturated heterocycles. The number of hydrogen-bond donors (Lipinski definition) is 1. The Bertz CT molecular complexity index is 862. The smallest absolute Gasteiger partial charge is 0.191 e. The van der Waals surface area contributed by atoms with E-state index < -0.39 is 0 Å². The molecule has 1 aromatic carbocycles. The highest BCUT2D eigenvalue weighted by Gasteiger charge is 2.12. The third-order valence-electron chi connectivity index (χ3n) is 3.79. The van der Waals surface area contributed by atoms with Crippen LogP contribution in [0, 0.1) is 12.7 Å². The van der Waals surface area contributed by atoms with Crippen molar-refractivity contribution in [3.8, 4) is 0 Å². The molecule has 0 saturated carbocycles. The average Bonchev–Trinajstić information content (AvgIpc) is 2.95. The lowest BCUT2D eigenvalue weighted by molar-refractivity contribution is 0.614. The summed E-state index contributed by atoms with van der Waals surface area (Å²) in [5.41, 5.74) is 8.77. The highest BCUT2D eigenvalue weighted by Crippen LogP contribution is 2.23. The molecule has 5 nitrogen and oxygen atoms in total. The highest BCUT2D eigenvalue weighted by molar-refractivity contribution is 7.99. The first-order chi connectivity index (χ1) is 11.6. The predicted molar refractivity (Wildman–Crippen MR) is 95.6 cm³/mol. The van der Waals surface area contributed by atoms with Gasteiger partial charge in [-0.2, -0.15) is 0 Å². The van der Waals surface area contributed by atoms with Crippen LogP contribution in [0.3, 0.4) is 0 Å². The Morgan fingerprint density at radius 1 is 1.29 bits per heavy atom. The summed E-state index contributed by atoms with van der Waals surface area (Å²) in [4.78, 5) is 13.2. The number of anilines is 1. The van der Waals surface area contributed by atoms with E-state index in [4.69, 9.17) is 5.73 Å². The summed E-state index contributed by atoms with van der Waals surface area (Å²) in [6.07, 6.45) is 3.91. The quantitative estimate of drug-likeness (QED) is 0.418. The lowest BCUT2D eigenvalue weighted by Gasteiger charge is -2.07. The van der Waals surface area contributed by atoms with Crippen LogP contribution in [-0.2, 0) is 6.54 Å². The van der Waals surface area contributed by atoms with Crippen LogP contribution < -0.4 is 5.73 Å². The molecule has 0 fully saturated rings. The first kappa shape index (κ1) is 16.7. The molecule has 2 N–H and O–H groups in total. The molecule has 0 aliphatic rings. The van der Waals surface area contributed by atoms with E-state index in [0.717, 1.165) is 24.2 Å². The van der Waals surface area contributed by atoms with Crippen molar-refractivity contribution in [1.82, 2.24) is 19.5 Å². The summed E-state index contributed by atoms with van der Waals surface area (Å²) >= 11 is 1.59. The first-order valence-corrected chi connectivity index (χ1v) is 8.93. The van der Waals surface area contributed by atoms with E-state index in [2.05, 4.69) is 21.9 Å². The number of imidazole rings is 1. The van der Waals surface area contributed by atoms with Gasteiger partial charge in [-0.25, -0.2) is 19.3 Å². The predicted octanol–water partition coefficient (Wildman–Crippen LogP) is 3.80. The van der Waals surface area contributed by atoms with Crippen LogP contribution in [0.2, 0.25) is 0 Å². The number of aryl methyl sites for hydroxylation is 1. The standard InChI is InChI=1S/C17H20FN5S/c1-3-4-7-24-17-21-15(19)14-16(22-17)23(10-20-14)9-12-6-5-11(2)13(18)8-12/h5-6,8,10H,3-4,7,9H2,1-2H3,(H2,19,21,22). The van der Waals surface area contributed by atoms with Gasteiger partial charge in [0.25, 0.3) is 0 Å². The molecule has 0 unspecified atom stereocenters. The van der Waals surface area contributed by atoms with Gasteiger partial charge in [0.2, 0.25) is 0 Å². The van der Waals surface area contributed by atoms with E-state index in [1.165, 1.54) is 0 Å². The van der Waals surface area contributed by atoms with Crippen LogP contribution in [0.5, 0.6) is 0 Å². The fourth-order valence-electron chi connectivity index (χ4n) is 2.36. The highest BCUT2D eigenvalue weighted by atomic mass is 32.2. The fraction of sp³-hybridized carbons (Fsp3) is 0.353. The molecule has 0 aliphatic carbocycles. The Morgan fingerprint density at radius 2 is 2.12 bits per heavy atom. The van der Waals surface area contributed by atoms with Crippen molar-refractivity contribution >= 4 is 28.7 Å². The molecule has 0 bridgehead atoms. The number of nitrogens with zero attached hydrogens (tertiary/aromatic N) is 4. The van der Waals surface area contributed by atoms with Crippen molar-refractivity contribution in [3.05, 3.63) is 41.5 Å². The molecule has 3 aromatic rings. The fourth-order valence-corrected chi connectivity index (χ4v) is 3.29. The van der Waals surface area contributed by atoms with Crippen molar-refractivity contribution in [2.45, 2.75) is 38.4 Å². The maximum atomic E-state index is 13.7. The minimum Gasteiger partial charge on any atom is -0.382 e. The van der Waals surface area contributed by atoms with Gasteiger partial charge < -0.3 is 10.3 Å². The Hall–Kier alpha value is -2.15. The Balaban J connectivity index is 1.91. The van der Waals surface area contributed by atoms with Crippen LogP contribution in [0.4, 0.5) is 10.2 Å². The summed E-state index contributed by atoms with van der Waals surface area (Å²) in [5, 5.41) is 0.658. The molecular formula is C17H20FN5S. The molecule has 2 aromatic heterocycles. The van der Waals surface area contributed by atoms with Crippen molar-refractivity contribution < 1.29 is 4.39 Å². The Kier molecular flexibility index (Phi) is 4.99. The maximum Gasteiger partial charge on any atom is 0.191 e. The molecule has 0 radical (unpaired) electrons. The van der Waals surface area contributed by atoms with E-state index in [9.17, 15) is 4.39 Å². The zero-order chi connectivity index (χ0) is 17.1. The maximum absolute atomic E-state index is 13.7. The van der Waals surface area contributed by atoms with Crippen molar-refractivity contribution in [1.29, 1.82) is 0 Å². The largest absolute Gasteiger partial charge is 0.382 e. The van der Waals surface area contributed by atoms with Crippen LogP contribution in [0.25, 0.3) is 11.2 Å². The molecular weight excluding hydrogens is 325 g/mol. The second kappa shape index (κ2) is 7.17. The third-order valence-corrected chi connectivity index (χ3v) is 4.72. The van der Waals surface area contributed by atoms with E-state index in [-0.39, 0.29) is 5.82 Å². The summed E-state index contributed by atoms with van der Waals surface area (Å²) in [5.74, 6) is 1.13. The normalized spacial score (nSPS) is 11.3. The van der Waals surface area contributed by atoms with Crippen molar-refractivity contribution in [2.75, 3.05) is 11.5 Å². The van der Waals surface area contributed by atoms with Gasteiger partial charge in [-0.1, -0.05) is 37.2 Å². The molecule has 0 spiro atoms. The summed E-state index contributed by atoms with van der Waals surface area (Å²) in [7, 11) is 0. The molecule has 24 heavy (non-hydrogen) atoms. The van der Waals surface area contributed by atoms with Crippen molar-refractivity contribution in [2.24, 2.45) is 0 Å². The van der Waals surface area contributed by atoms with E-state index >= 15 is 0 Å². The molecule has 0 atom stereocenters. The zero-order valence-electron chi connectivity index (χ0n) is 13.8. The topological polar surface area (TPSA) is 69.6 Å². The van der Waals surface area contributed by atoms with Crippen LogP contribution in [0.1, 0.15) is 30.9 Å². The lowest BCUT2D eigenvalue weighted by Crippen LogP contribution is -2.03. The molecule has 2 heterocycles. The third kappa shape index (κ3) is 3.51. The summed E-state index contributed by atoms with van der Waals surface area (Å²) < 4.78 is 15.6. The van der Waals surface area contributed by atoms with Gasteiger partial charge in [0.15, 0.2) is 16.6 Å². The minimum absolute atomic E-state index is 0.207. The van der Waals surface area contributed by atoms with Gasteiger partial charge >= 0.3 is 0 Å². The van der Waals surface area contributed by atoms with Crippen LogP contribution >= 0.6 is 11.8 Å². The van der Waals surface area contributed by atoms with Gasteiger partial charge in [0.05, 0.1) is 12.9 Å². The second-order valence-electron chi connectivity index (χ2n) is 5.72. The number of fused-ring (bicyclic) bond motifs is 1. The van der Waals surface area contributed by atoms with E-state index in [1.807, 2.05) is 10.6 Å². The number of nitrogen functional groups attached to an aromatic ring is 1. The van der Waals surface area contributed by atoms with Crippen molar-refractivity contribution in [3.63, 3.8) is 0 Å². The number of aromatic nitrogens is 4. The molecule has 3 rings (SSSR count). The number of thioether (sulfide) groups is 1. The average molecular weight is 345 g/mol. The molecule has 0 amide bonds. The molecule has 0 aliphatic heterocycles. The number of hydrogen-bond acceptors (Lipinski definition) is 5. The monoisotopic (exact) mass is 345 g/mol. The number of halogens is 1. The van der Waals surface area contributed by atoms with Gasteiger partial charge in [-0.05, 0) is 30.5 Å². The second-order valence-corrected chi connectivity index (χ2v) is 6.78. The van der Waals surface area contributed by atoms with E-state index in [1.54, 1.807) is 37.1 Å². The molecule has 126 valence electrons. The Labute approximate surface area is 144 Å². The SMILES string of the molecule is CCCCSc1nc(N)c2ncn(Cc3ccc(C)c(F)c3)c2n1. The van der Waals surface area contributed by atoms with Crippen LogP contribution in [0.15, 0.2) is 29.7 Å². The number of unbranched alkanes of at least 4 members (excludes halogenated alkanes) is 1. The van der Waals surface area contributed by atoms with Gasteiger partial charge in [-0.3, -0.25) is 0 Å². The lowest BCUT2D eigenvalue weighted by atomic mass is 10.1. The number of nitrogens with two attached hydrogens (primary N) is 1. The summed E-state index contributed by atoms with van der Waals surface area (Å²) in [6, 6.07) is 5.23. The number of benzene rings is 1. The van der Waals surface area contributed by atoms with Crippen LogP contribution in [-0.4, -0.2) is 25.3 Å². The van der Waals surface area contributed by atoms with E-state index in [0.29, 0.717) is 34.2 Å². The van der Waals surface area contributed by atoms with Gasteiger partial charge in [0, 0.05) is 5.75 Å².